The van der Waals surface area contributed by atoms with Gasteiger partial charge in [-0.1, -0.05) is 0 Å². The number of ether oxygens (including phenoxy) is 2. The van der Waals surface area contributed by atoms with Crippen LogP contribution in [0.4, 0.5) is 0 Å². The van der Waals surface area contributed by atoms with E-state index in [1.54, 1.807) is 18.2 Å². The summed E-state index contributed by atoms with van der Waals surface area (Å²) in [4.78, 5) is 26.6. The van der Waals surface area contributed by atoms with Crippen molar-refractivity contribution in [1.29, 1.82) is 0 Å². The van der Waals surface area contributed by atoms with E-state index in [-0.39, 0.29) is 11.9 Å². The molecule has 32 heavy (non-hydrogen) atoms. The standard InChI is InChI=1S/C23H25N5O4/c1-14(29)27-13-16(30)11-19(27)23-26-21(15-3-5-17(6-4-15)32-10-9-31-2)20-12-25-22-18(28(20)23)7-8-24-22/h3-8,12,16,19,24,30H,9-11,13H2,1-2H3/t16-,19-/m1/s1. The van der Waals surface area contributed by atoms with Gasteiger partial charge in [0.2, 0.25) is 5.91 Å². The van der Waals surface area contributed by atoms with E-state index in [0.717, 1.165) is 33.7 Å². The van der Waals surface area contributed by atoms with Crippen molar-refractivity contribution in [2.75, 3.05) is 26.9 Å². The number of aliphatic hydroxyl groups excluding tert-OH is 1. The number of rotatable bonds is 6. The molecule has 1 amide bonds. The van der Waals surface area contributed by atoms with Crippen LogP contribution in [0.25, 0.3) is 27.9 Å². The molecule has 9 heteroatoms. The summed E-state index contributed by atoms with van der Waals surface area (Å²) < 4.78 is 12.7. The molecule has 0 aliphatic carbocycles. The molecule has 1 fully saturated rings. The molecule has 2 atom stereocenters. The molecule has 0 bridgehead atoms. The van der Waals surface area contributed by atoms with Crippen molar-refractivity contribution < 1.29 is 19.4 Å². The molecule has 1 aromatic carbocycles. The van der Waals surface area contributed by atoms with Gasteiger partial charge in [-0.2, -0.15) is 0 Å². The molecular formula is C23H25N5O4. The number of aromatic nitrogens is 4. The van der Waals surface area contributed by atoms with Gasteiger partial charge in [-0.25, -0.2) is 9.97 Å². The lowest BCUT2D eigenvalue weighted by Gasteiger charge is -2.22. The second kappa shape index (κ2) is 8.25. The van der Waals surface area contributed by atoms with E-state index >= 15 is 0 Å². The maximum atomic E-state index is 12.3. The lowest BCUT2D eigenvalue weighted by atomic mass is 10.1. The minimum Gasteiger partial charge on any atom is -0.491 e. The number of H-pyrrole nitrogens is 1. The van der Waals surface area contributed by atoms with Crippen LogP contribution in [0.2, 0.25) is 0 Å². The van der Waals surface area contributed by atoms with Gasteiger partial charge in [0.25, 0.3) is 0 Å². The third-order valence-corrected chi connectivity index (χ3v) is 5.87. The first kappa shape index (κ1) is 20.5. The molecule has 5 rings (SSSR count). The van der Waals surface area contributed by atoms with E-state index in [9.17, 15) is 9.90 Å². The van der Waals surface area contributed by atoms with Gasteiger partial charge < -0.3 is 24.5 Å². The van der Waals surface area contributed by atoms with Crippen molar-refractivity contribution in [3.05, 3.63) is 48.5 Å². The van der Waals surface area contributed by atoms with Crippen LogP contribution in [-0.4, -0.2) is 68.2 Å². The predicted molar refractivity (Wildman–Crippen MR) is 118 cm³/mol. The fourth-order valence-electron chi connectivity index (χ4n) is 4.38. The Balaban J connectivity index is 1.62. The third-order valence-electron chi connectivity index (χ3n) is 5.87. The number of β-amino-alcohol motifs (C(OH)–C–C–N with tert-alkyl or cyclic N) is 1. The van der Waals surface area contributed by atoms with Gasteiger partial charge in [0, 0.05) is 38.8 Å². The normalized spacial score (nSPS) is 18.7. The SMILES string of the molecule is COCCOc1ccc(-c2nc([C@H]3C[C@@H](O)CN3C(C)=O)n3c2cnc2[nH]ccc23)cc1. The van der Waals surface area contributed by atoms with Crippen molar-refractivity contribution in [3.63, 3.8) is 0 Å². The summed E-state index contributed by atoms with van der Waals surface area (Å²) in [5.74, 6) is 1.39. The van der Waals surface area contributed by atoms with Gasteiger partial charge in [-0.3, -0.25) is 9.20 Å². The van der Waals surface area contributed by atoms with Gasteiger partial charge in [0.05, 0.1) is 41.7 Å². The van der Waals surface area contributed by atoms with Crippen LogP contribution in [0.15, 0.2) is 42.7 Å². The third kappa shape index (κ3) is 3.49. The largest absolute Gasteiger partial charge is 0.491 e. The highest BCUT2D eigenvalue weighted by molar-refractivity contribution is 5.84. The van der Waals surface area contributed by atoms with Crippen molar-refractivity contribution in [2.24, 2.45) is 0 Å². The number of carbonyl (C=O) groups excluding carboxylic acids is 1. The number of likely N-dealkylation sites (tertiary alicyclic amines) is 1. The Labute approximate surface area is 184 Å². The highest BCUT2D eigenvalue weighted by Crippen LogP contribution is 2.37. The fraction of sp³-hybridized carbons (Fsp3) is 0.348. The number of hydrogen-bond donors (Lipinski definition) is 2. The summed E-state index contributed by atoms with van der Waals surface area (Å²) in [6.45, 7) is 2.83. The van der Waals surface area contributed by atoms with Crippen LogP contribution >= 0.6 is 0 Å². The van der Waals surface area contributed by atoms with Crippen LogP contribution in [0, 0.1) is 0 Å². The smallest absolute Gasteiger partial charge is 0.220 e. The van der Waals surface area contributed by atoms with Crippen LogP contribution in [0.3, 0.4) is 0 Å². The van der Waals surface area contributed by atoms with Gasteiger partial charge in [0.1, 0.15) is 18.2 Å². The molecule has 1 aliphatic heterocycles. The highest BCUT2D eigenvalue weighted by Gasteiger charge is 2.37. The Kier molecular flexibility index (Phi) is 5.28. The number of amides is 1. The van der Waals surface area contributed by atoms with Crippen molar-refractivity contribution in [3.8, 4) is 17.0 Å². The molecule has 1 saturated heterocycles. The van der Waals surface area contributed by atoms with E-state index in [2.05, 4.69) is 9.97 Å². The molecular weight excluding hydrogens is 410 g/mol. The fourth-order valence-corrected chi connectivity index (χ4v) is 4.38. The van der Waals surface area contributed by atoms with Crippen LogP contribution in [-0.2, 0) is 9.53 Å². The number of aromatic amines is 1. The summed E-state index contributed by atoms with van der Waals surface area (Å²) in [6, 6.07) is 9.35. The first-order valence-corrected chi connectivity index (χ1v) is 10.6. The number of imidazole rings is 1. The van der Waals surface area contributed by atoms with Gasteiger partial charge in [-0.05, 0) is 30.3 Å². The first-order chi connectivity index (χ1) is 15.6. The van der Waals surface area contributed by atoms with E-state index in [0.29, 0.717) is 32.0 Å². The minimum atomic E-state index is -0.577. The Morgan fingerprint density at radius 3 is 2.78 bits per heavy atom. The summed E-state index contributed by atoms with van der Waals surface area (Å²) >= 11 is 0. The summed E-state index contributed by atoms with van der Waals surface area (Å²) in [6.07, 6.45) is 3.49. The van der Waals surface area contributed by atoms with Crippen molar-refractivity contribution >= 4 is 22.6 Å². The molecule has 4 heterocycles. The molecule has 0 saturated carbocycles. The average Bonchev–Trinajstić information content (AvgIpc) is 3.50. The lowest BCUT2D eigenvalue weighted by Crippen LogP contribution is -2.30. The Morgan fingerprint density at radius 2 is 2.03 bits per heavy atom. The zero-order valence-electron chi connectivity index (χ0n) is 18.0. The maximum absolute atomic E-state index is 12.3. The summed E-state index contributed by atoms with van der Waals surface area (Å²) in [5.41, 5.74) is 4.13. The first-order valence-electron chi connectivity index (χ1n) is 10.6. The second-order valence-corrected chi connectivity index (χ2v) is 7.95. The van der Waals surface area contributed by atoms with E-state index in [1.807, 2.05) is 40.9 Å². The quantitative estimate of drug-likeness (QED) is 0.451. The highest BCUT2D eigenvalue weighted by atomic mass is 16.5. The Morgan fingerprint density at radius 1 is 1.22 bits per heavy atom. The van der Waals surface area contributed by atoms with E-state index in [4.69, 9.17) is 14.5 Å². The van der Waals surface area contributed by atoms with Gasteiger partial charge in [-0.15, -0.1) is 0 Å². The molecule has 0 unspecified atom stereocenters. The Bertz CT molecular complexity index is 1260. The Hall–Kier alpha value is -3.43. The number of hydrogen-bond acceptors (Lipinski definition) is 6. The molecule has 2 N–H and O–H groups in total. The number of nitrogens with zero attached hydrogens (tertiary/aromatic N) is 4. The molecule has 4 aromatic rings. The molecule has 166 valence electrons. The lowest BCUT2D eigenvalue weighted by molar-refractivity contribution is -0.130. The monoisotopic (exact) mass is 435 g/mol. The number of benzene rings is 1. The zero-order valence-corrected chi connectivity index (χ0v) is 18.0. The zero-order chi connectivity index (χ0) is 22.2. The summed E-state index contributed by atoms with van der Waals surface area (Å²) in [5, 5.41) is 10.3. The number of aliphatic hydroxyl groups is 1. The van der Waals surface area contributed by atoms with Crippen molar-refractivity contribution in [1.82, 2.24) is 24.3 Å². The second-order valence-electron chi connectivity index (χ2n) is 7.95. The number of fused-ring (bicyclic) bond motifs is 3. The van der Waals surface area contributed by atoms with Crippen LogP contribution in [0.5, 0.6) is 5.75 Å². The predicted octanol–water partition coefficient (Wildman–Crippen LogP) is 2.56. The van der Waals surface area contributed by atoms with Crippen molar-refractivity contribution in [2.45, 2.75) is 25.5 Å². The molecule has 9 nitrogen and oxygen atoms in total. The van der Waals surface area contributed by atoms with E-state index < -0.39 is 6.10 Å². The molecule has 3 aromatic heterocycles. The maximum Gasteiger partial charge on any atom is 0.220 e. The van der Waals surface area contributed by atoms with Gasteiger partial charge in [0.15, 0.2) is 5.65 Å². The van der Waals surface area contributed by atoms with Crippen LogP contribution in [0.1, 0.15) is 25.2 Å². The minimum absolute atomic E-state index is 0.0817. The number of nitrogens with one attached hydrogen (secondary N) is 1. The number of carbonyl (C=O) groups is 1. The molecule has 0 spiro atoms. The summed E-state index contributed by atoms with van der Waals surface area (Å²) in [7, 11) is 1.64. The molecule has 0 radical (unpaired) electrons. The molecule has 1 aliphatic rings. The average molecular weight is 435 g/mol. The topological polar surface area (TPSA) is 105 Å². The number of methoxy groups -OCH3 is 1. The van der Waals surface area contributed by atoms with Gasteiger partial charge >= 0.3 is 0 Å². The van der Waals surface area contributed by atoms with E-state index in [1.165, 1.54) is 6.92 Å². The van der Waals surface area contributed by atoms with Crippen LogP contribution < -0.4 is 4.74 Å².